The van der Waals surface area contributed by atoms with Crippen molar-refractivity contribution >= 4 is 17.9 Å². The van der Waals surface area contributed by atoms with E-state index in [0.29, 0.717) is 6.42 Å². The first-order valence-electron chi connectivity index (χ1n) is 5.72. The lowest BCUT2D eigenvalue weighted by atomic mass is 9.90. The second-order valence-electron chi connectivity index (χ2n) is 3.86. The van der Waals surface area contributed by atoms with Gasteiger partial charge in [-0.3, -0.25) is 14.4 Å². The molecule has 0 aromatic heterocycles. The fraction of sp³-hybridized carbons (Fsp3) is 0.750. The van der Waals surface area contributed by atoms with Gasteiger partial charge in [0.05, 0.1) is 39.6 Å². The fourth-order valence-electron chi connectivity index (χ4n) is 1.65. The Balaban J connectivity index is 4.70. The largest absolute Gasteiger partial charge is 0.469 e. The molecule has 6 nitrogen and oxygen atoms in total. The summed E-state index contributed by atoms with van der Waals surface area (Å²) in [6.07, 6.45) is 0.642. The molecule has 0 N–H and O–H groups in total. The molecule has 0 aliphatic heterocycles. The molecule has 18 heavy (non-hydrogen) atoms. The van der Waals surface area contributed by atoms with Gasteiger partial charge in [-0.25, -0.2) is 0 Å². The van der Waals surface area contributed by atoms with Gasteiger partial charge in [-0.2, -0.15) is 0 Å². The zero-order valence-corrected chi connectivity index (χ0v) is 11.2. The number of hydrogen-bond donors (Lipinski definition) is 0. The van der Waals surface area contributed by atoms with Gasteiger partial charge in [0, 0.05) is 0 Å². The van der Waals surface area contributed by atoms with Crippen LogP contribution in [0.2, 0.25) is 0 Å². The van der Waals surface area contributed by atoms with Crippen molar-refractivity contribution in [1.82, 2.24) is 0 Å². The highest BCUT2D eigenvalue weighted by Crippen LogP contribution is 2.21. The van der Waals surface area contributed by atoms with Crippen LogP contribution in [0, 0.1) is 11.8 Å². The van der Waals surface area contributed by atoms with Crippen molar-refractivity contribution in [3.05, 3.63) is 0 Å². The zero-order chi connectivity index (χ0) is 14.1. The lowest BCUT2D eigenvalue weighted by Crippen LogP contribution is -2.26. The summed E-state index contributed by atoms with van der Waals surface area (Å²) >= 11 is 0. The van der Waals surface area contributed by atoms with E-state index < -0.39 is 29.7 Å². The van der Waals surface area contributed by atoms with Gasteiger partial charge < -0.3 is 14.2 Å². The number of methoxy groups -OCH3 is 3. The molecule has 104 valence electrons. The topological polar surface area (TPSA) is 78.9 Å². The molecule has 0 rings (SSSR count). The number of rotatable bonds is 7. The summed E-state index contributed by atoms with van der Waals surface area (Å²) in [6, 6.07) is 0. The molecule has 0 radical (unpaired) electrons. The van der Waals surface area contributed by atoms with E-state index in [0.717, 1.165) is 0 Å². The van der Waals surface area contributed by atoms with Crippen LogP contribution in [0.15, 0.2) is 0 Å². The first-order chi connectivity index (χ1) is 8.49. The molecule has 0 amide bonds. The Bertz CT molecular complexity index is 299. The van der Waals surface area contributed by atoms with Crippen molar-refractivity contribution < 1.29 is 28.6 Å². The predicted octanol–water partition coefficient (Wildman–Crippen LogP) is 0.928. The van der Waals surface area contributed by atoms with Crippen LogP contribution in [0.5, 0.6) is 0 Å². The number of ether oxygens (including phenoxy) is 3. The molecule has 0 aliphatic rings. The van der Waals surface area contributed by atoms with Crippen LogP contribution < -0.4 is 0 Å². The minimum atomic E-state index is -0.688. The Kier molecular flexibility index (Phi) is 7.74. The van der Waals surface area contributed by atoms with Crippen molar-refractivity contribution in [2.45, 2.75) is 26.2 Å². The van der Waals surface area contributed by atoms with Gasteiger partial charge >= 0.3 is 17.9 Å². The van der Waals surface area contributed by atoms with Crippen LogP contribution in [0.3, 0.4) is 0 Å². The van der Waals surface area contributed by atoms with E-state index in [4.69, 9.17) is 0 Å². The SMILES string of the molecule is CCC(CC(CC(=O)OC)C(=O)OC)C(=O)OC. The quantitative estimate of drug-likeness (QED) is 0.500. The van der Waals surface area contributed by atoms with Crippen LogP contribution in [-0.2, 0) is 28.6 Å². The third-order valence-corrected chi connectivity index (χ3v) is 2.77. The molecule has 2 atom stereocenters. The van der Waals surface area contributed by atoms with Crippen LogP contribution in [0.25, 0.3) is 0 Å². The van der Waals surface area contributed by atoms with E-state index in [9.17, 15) is 14.4 Å². The van der Waals surface area contributed by atoms with E-state index in [2.05, 4.69) is 14.2 Å². The normalized spacial score (nSPS) is 13.3. The van der Waals surface area contributed by atoms with Crippen molar-refractivity contribution in [2.75, 3.05) is 21.3 Å². The number of carbonyl (C=O) groups is 3. The van der Waals surface area contributed by atoms with Gasteiger partial charge in [-0.1, -0.05) is 6.92 Å². The Morgan fingerprint density at radius 2 is 1.39 bits per heavy atom. The maximum Gasteiger partial charge on any atom is 0.309 e. The average Bonchev–Trinajstić information content (AvgIpc) is 2.41. The molecule has 0 aromatic carbocycles. The summed E-state index contributed by atoms with van der Waals surface area (Å²) in [6.45, 7) is 1.81. The molecule has 0 heterocycles. The second kappa shape index (κ2) is 8.49. The van der Waals surface area contributed by atoms with Gasteiger partial charge in [-0.05, 0) is 12.8 Å². The minimum Gasteiger partial charge on any atom is -0.469 e. The molecular weight excluding hydrogens is 240 g/mol. The molecule has 0 spiro atoms. The summed E-state index contributed by atoms with van der Waals surface area (Å²) in [5.74, 6) is -2.54. The number of esters is 3. The van der Waals surface area contributed by atoms with Crippen LogP contribution in [-0.4, -0.2) is 39.2 Å². The standard InChI is InChI=1S/C12H20O6/c1-5-8(11(14)17-3)6-9(12(15)18-4)7-10(13)16-2/h8-9H,5-7H2,1-4H3. The summed E-state index contributed by atoms with van der Waals surface area (Å²) in [7, 11) is 3.78. The van der Waals surface area contributed by atoms with Gasteiger partial charge in [0.15, 0.2) is 0 Å². The van der Waals surface area contributed by atoms with Crippen LogP contribution in [0.1, 0.15) is 26.2 Å². The third kappa shape index (κ3) is 5.16. The summed E-state index contributed by atoms with van der Waals surface area (Å²) in [5, 5.41) is 0. The minimum absolute atomic E-state index is 0.101. The van der Waals surface area contributed by atoms with Gasteiger partial charge in [0.1, 0.15) is 0 Å². The Hall–Kier alpha value is -1.59. The van der Waals surface area contributed by atoms with E-state index in [1.165, 1.54) is 21.3 Å². The van der Waals surface area contributed by atoms with Crippen LogP contribution in [0.4, 0.5) is 0 Å². The zero-order valence-electron chi connectivity index (χ0n) is 11.2. The monoisotopic (exact) mass is 260 g/mol. The van der Waals surface area contributed by atoms with E-state index >= 15 is 0 Å². The highest BCUT2D eigenvalue weighted by atomic mass is 16.5. The molecular formula is C12H20O6. The first-order valence-corrected chi connectivity index (χ1v) is 5.72. The highest BCUT2D eigenvalue weighted by molar-refractivity contribution is 5.81. The maximum absolute atomic E-state index is 11.5. The lowest BCUT2D eigenvalue weighted by molar-refractivity contribution is -0.154. The van der Waals surface area contributed by atoms with Crippen molar-refractivity contribution in [3.63, 3.8) is 0 Å². The van der Waals surface area contributed by atoms with Gasteiger partial charge in [0.2, 0.25) is 0 Å². The van der Waals surface area contributed by atoms with E-state index in [1.54, 1.807) is 0 Å². The Morgan fingerprint density at radius 3 is 1.78 bits per heavy atom. The molecule has 0 saturated carbocycles. The van der Waals surface area contributed by atoms with Crippen molar-refractivity contribution in [1.29, 1.82) is 0 Å². The highest BCUT2D eigenvalue weighted by Gasteiger charge is 2.29. The Morgan fingerprint density at radius 1 is 0.889 bits per heavy atom. The number of carbonyl (C=O) groups excluding carboxylic acids is 3. The van der Waals surface area contributed by atoms with Gasteiger partial charge in [-0.15, -0.1) is 0 Å². The molecule has 0 aliphatic carbocycles. The fourth-order valence-corrected chi connectivity index (χ4v) is 1.65. The maximum atomic E-state index is 11.5. The van der Waals surface area contributed by atoms with Gasteiger partial charge in [0.25, 0.3) is 0 Å². The molecule has 0 saturated heterocycles. The summed E-state index contributed by atoms with van der Waals surface area (Å²) < 4.78 is 13.8. The van der Waals surface area contributed by atoms with Crippen LogP contribution >= 0.6 is 0 Å². The molecule has 0 aromatic rings. The molecule has 6 heteroatoms. The first kappa shape index (κ1) is 16.4. The van der Waals surface area contributed by atoms with Crippen molar-refractivity contribution in [2.24, 2.45) is 11.8 Å². The summed E-state index contributed by atoms with van der Waals surface area (Å²) in [4.78, 5) is 34.2. The lowest BCUT2D eigenvalue weighted by Gasteiger charge is -2.18. The third-order valence-electron chi connectivity index (χ3n) is 2.77. The molecule has 0 fully saturated rings. The Labute approximate surface area is 107 Å². The average molecular weight is 260 g/mol. The van der Waals surface area contributed by atoms with E-state index in [-0.39, 0.29) is 12.8 Å². The van der Waals surface area contributed by atoms with Crippen molar-refractivity contribution in [3.8, 4) is 0 Å². The molecule has 0 bridgehead atoms. The smallest absolute Gasteiger partial charge is 0.309 e. The summed E-state index contributed by atoms with van der Waals surface area (Å²) in [5.41, 5.74) is 0. The second-order valence-corrected chi connectivity index (χ2v) is 3.86. The number of hydrogen-bond acceptors (Lipinski definition) is 6. The predicted molar refractivity (Wildman–Crippen MR) is 62.6 cm³/mol. The van der Waals surface area contributed by atoms with E-state index in [1.807, 2.05) is 6.92 Å². The molecule has 2 unspecified atom stereocenters.